The van der Waals surface area contributed by atoms with Crippen molar-refractivity contribution in [3.63, 3.8) is 0 Å². The number of hydrogen-bond donors (Lipinski definition) is 0. The molecule has 29 heavy (non-hydrogen) atoms. The van der Waals surface area contributed by atoms with Crippen LogP contribution in [0.25, 0.3) is 6.08 Å². The number of nitrogens with zero attached hydrogens (tertiary/aromatic N) is 1. The largest absolute Gasteiger partial charge is 0.490 e. The van der Waals surface area contributed by atoms with Gasteiger partial charge in [0, 0.05) is 5.56 Å². The van der Waals surface area contributed by atoms with E-state index in [4.69, 9.17) is 14.2 Å². The number of carbonyl (C=O) groups is 1. The summed E-state index contributed by atoms with van der Waals surface area (Å²) in [4.78, 5) is 16.5. The highest BCUT2D eigenvalue weighted by molar-refractivity contribution is 14.1. The zero-order valence-corrected chi connectivity index (χ0v) is 18.5. The zero-order chi connectivity index (χ0) is 21.0. The fourth-order valence-corrected chi connectivity index (χ4v) is 3.40. The van der Waals surface area contributed by atoms with Crippen LogP contribution in [0.1, 0.15) is 38.3 Å². The molecule has 0 aromatic heterocycles. The maximum Gasteiger partial charge on any atom is 0.363 e. The number of benzene rings is 2. The molecule has 0 saturated carbocycles. The number of carbonyl (C=O) groups excluding carboxylic acids is 1. The predicted molar refractivity (Wildman–Crippen MR) is 118 cm³/mol. The molecule has 7 heteroatoms. The molecule has 0 saturated heterocycles. The SMILES string of the molecule is CCOc1cc(/C=C2\N=C(c3cccc(F)c3)OC2=O)cc(I)c1OC(C)CC. The van der Waals surface area contributed by atoms with E-state index in [2.05, 4.69) is 34.5 Å². The van der Waals surface area contributed by atoms with Gasteiger partial charge in [-0.25, -0.2) is 14.2 Å². The van der Waals surface area contributed by atoms with Gasteiger partial charge in [0.2, 0.25) is 5.90 Å². The molecule has 0 bridgehead atoms. The number of rotatable bonds is 7. The van der Waals surface area contributed by atoms with Crippen molar-refractivity contribution in [1.82, 2.24) is 0 Å². The van der Waals surface area contributed by atoms with Crippen LogP contribution in [0.15, 0.2) is 47.1 Å². The highest BCUT2D eigenvalue weighted by atomic mass is 127. The first-order valence-electron chi connectivity index (χ1n) is 9.32. The van der Waals surface area contributed by atoms with Crippen molar-refractivity contribution in [3.05, 3.63) is 62.6 Å². The molecule has 2 aromatic rings. The number of ether oxygens (including phenoxy) is 3. The van der Waals surface area contributed by atoms with Crippen molar-refractivity contribution in [2.45, 2.75) is 33.3 Å². The van der Waals surface area contributed by atoms with E-state index >= 15 is 0 Å². The van der Waals surface area contributed by atoms with Crippen molar-refractivity contribution in [2.75, 3.05) is 6.61 Å². The van der Waals surface area contributed by atoms with E-state index in [9.17, 15) is 9.18 Å². The molecule has 1 heterocycles. The fourth-order valence-electron chi connectivity index (χ4n) is 2.65. The summed E-state index contributed by atoms with van der Waals surface area (Å²) >= 11 is 2.18. The van der Waals surface area contributed by atoms with Gasteiger partial charge in [-0.05, 0) is 84.8 Å². The fraction of sp³-hybridized carbons (Fsp3) is 0.273. The summed E-state index contributed by atoms with van der Waals surface area (Å²) < 4.78 is 31.3. The van der Waals surface area contributed by atoms with Crippen LogP contribution in [0.5, 0.6) is 11.5 Å². The monoisotopic (exact) mass is 509 g/mol. The van der Waals surface area contributed by atoms with Gasteiger partial charge in [0.25, 0.3) is 0 Å². The number of esters is 1. The molecule has 0 N–H and O–H groups in total. The first-order valence-corrected chi connectivity index (χ1v) is 10.4. The Bertz CT molecular complexity index is 987. The minimum absolute atomic E-state index is 0.0511. The van der Waals surface area contributed by atoms with Gasteiger partial charge in [-0.2, -0.15) is 0 Å². The average Bonchev–Trinajstić information content (AvgIpc) is 3.05. The molecule has 0 aliphatic carbocycles. The third-order valence-corrected chi connectivity index (χ3v) is 5.02. The Morgan fingerprint density at radius 3 is 2.76 bits per heavy atom. The molecule has 0 amide bonds. The summed E-state index contributed by atoms with van der Waals surface area (Å²) in [6, 6.07) is 9.45. The van der Waals surface area contributed by atoms with Crippen molar-refractivity contribution in [3.8, 4) is 11.5 Å². The van der Waals surface area contributed by atoms with Gasteiger partial charge in [-0.3, -0.25) is 0 Å². The van der Waals surface area contributed by atoms with E-state index in [1.54, 1.807) is 18.2 Å². The van der Waals surface area contributed by atoms with Crippen LogP contribution < -0.4 is 9.47 Å². The molecule has 5 nitrogen and oxygen atoms in total. The minimum Gasteiger partial charge on any atom is -0.490 e. The van der Waals surface area contributed by atoms with Crippen LogP contribution in [0.3, 0.4) is 0 Å². The second-order valence-electron chi connectivity index (χ2n) is 6.45. The summed E-state index contributed by atoms with van der Waals surface area (Å²) in [5, 5.41) is 0. The van der Waals surface area contributed by atoms with E-state index < -0.39 is 11.8 Å². The third kappa shape index (κ3) is 5.14. The maximum atomic E-state index is 13.4. The van der Waals surface area contributed by atoms with Gasteiger partial charge in [0.05, 0.1) is 16.3 Å². The van der Waals surface area contributed by atoms with Gasteiger partial charge in [-0.1, -0.05) is 13.0 Å². The van der Waals surface area contributed by atoms with E-state index in [0.29, 0.717) is 23.7 Å². The summed E-state index contributed by atoms with van der Waals surface area (Å²) in [6.07, 6.45) is 2.54. The van der Waals surface area contributed by atoms with Crippen molar-refractivity contribution >= 4 is 40.5 Å². The summed E-state index contributed by atoms with van der Waals surface area (Å²) in [5.41, 5.74) is 1.27. The number of cyclic esters (lactones) is 1. The molecule has 1 atom stereocenters. The van der Waals surface area contributed by atoms with Crippen LogP contribution in [0.2, 0.25) is 0 Å². The minimum atomic E-state index is -0.586. The lowest BCUT2D eigenvalue weighted by atomic mass is 10.1. The maximum absolute atomic E-state index is 13.4. The standard InChI is InChI=1S/C22H21FINO4/c1-4-13(3)28-20-17(24)9-14(11-19(20)27-5-2)10-18-22(26)29-21(25-18)15-7-6-8-16(23)12-15/h6-13H,4-5H2,1-3H3/b18-10-. The van der Waals surface area contributed by atoms with Crippen molar-refractivity contribution in [2.24, 2.45) is 4.99 Å². The molecule has 3 rings (SSSR count). The molecule has 1 unspecified atom stereocenters. The normalized spacial score (nSPS) is 15.8. The molecular formula is C22H21FINO4. The van der Waals surface area contributed by atoms with Crippen molar-refractivity contribution in [1.29, 1.82) is 0 Å². The van der Waals surface area contributed by atoms with Crippen molar-refractivity contribution < 1.29 is 23.4 Å². The Balaban J connectivity index is 1.95. The lowest BCUT2D eigenvalue weighted by Crippen LogP contribution is -2.12. The third-order valence-electron chi connectivity index (χ3n) is 4.22. The predicted octanol–water partition coefficient (Wildman–Crippen LogP) is 5.35. The first-order chi connectivity index (χ1) is 13.9. The quantitative estimate of drug-likeness (QED) is 0.287. The summed E-state index contributed by atoms with van der Waals surface area (Å²) in [5.74, 6) is 0.356. The van der Waals surface area contributed by atoms with Gasteiger partial charge >= 0.3 is 5.97 Å². The molecule has 152 valence electrons. The Labute approximate surface area is 182 Å². The van der Waals surface area contributed by atoms with Gasteiger partial charge in [0.15, 0.2) is 17.2 Å². The smallest absolute Gasteiger partial charge is 0.363 e. The molecule has 1 aliphatic heterocycles. The van der Waals surface area contributed by atoms with Crippen LogP contribution in [-0.2, 0) is 9.53 Å². The Morgan fingerprint density at radius 1 is 1.28 bits per heavy atom. The molecule has 0 fully saturated rings. The van der Waals surface area contributed by atoms with E-state index in [1.165, 1.54) is 18.2 Å². The van der Waals surface area contributed by atoms with Gasteiger partial charge < -0.3 is 14.2 Å². The summed E-state index contributed by atoms with van der Waals surface area (Å²) in [6.45, 7) is 6.43. The number of aliphatic imine (C=N–C) groups is 1. The Kier molecular flexibility index (Phi) is 6.89. The molecule has 1 aliphatic rings. The second-order valence-corrected chi connectivity index (χ2v) is 7.61. The highest BCUT2D eigenvalue weighted by Crippen LogP contribution is 2.36. The summed E-state index contributed by atoms with van der Waals surface area (Å²) in [7, 11) is 0. The van der Waals surface area contributed by atoms with Crippen LogP contribution in [0, 0.1) is 9.39 Å². The molecular weight excluding hydrogens is 488 g/mol. The number of halogens is 2. The Morgan fingerprint density at radius 2 is 2.07 bits per heavy atom. The van der Waals surface area contributed by atoms with Crippen LogP contribution in [0.4, 0.5) is 4.39 Å². The van der Waals surface area contributed by atoms with Gasteiger partial charge in [-0.15, -0.1) is 0 Å². The molecule has 0 radical (unpaired) electrons. The van der Waals surface area contributed by atoms with E-state index in [1.807, 2.05) is 19.9 Å². The molecule has 0 spiro atoms. The van der Waals surface area contributed by atoms with Crippen LogP contribution in [-0.4, -0.2) is 24.6 Å². The molecule has 2 aromatic carbocycles. The average molecular weight is 509 g/mol. The first kappa shape index (κ1) is 21.3. The second kappa shape index (κ2) is 9.39. The van der Waals surface area contributed by atoms with E-state index in [0.717, 1.165) is 15.6 Å². The van der Waals surface area contributed by atoms with Gasteiger partial charge in [0.1, 0.15) is 5.82 Å². The lowest BCUT2D eigenvalue weighted by Gasteiger charge is -2.18. The topological polar surface area (TPSA) is 57.1 Å². The Hall–Kier alpha value is -2.42. The highest BCUT2D eigenvalue weighted by Gasteiger charge is 2.25. The lowest BCUT2D eigenvalue weighted by molar-refractivity contribution is -0.129. The van der Waals surface area contributed by atoms with E-state index in [-0.39, 0.29) is 17.7 Å². The zero-order valence-electron chi connectivity index (χ0n) is 16.4. The van der Waals surface area contributed by atoms with Crippen LogP contribution >= 0.6 is 22.6 Å². The number of hydrogen-bond acceptors (Lipinski definition) is 5.